The number of hydrogen-bond acceptors (Lipinski definition) is 7. The van der Waals surface area contributed by atoms with Gasteiger partial charge < -0.3 is 15.5 Å². The van der Waals surface area contributed by atoms with E-state index in [1.54, 1.807) is 0 Å². The molecular formula is C16H22N8S. The first kappa shape index (κ1) is 17.2. The smallest absolute Gasteiger partial charge is 0.248 e. The fourth-order valence-electron chi connectivity index (χ4n) is 2.50. The lowest BCUT2D eigenvalue weighted by Crippen LogP contribution is -2.39. The van der Waals surface area contributed by atoms with Gasteiger partial charge in [-0.2, -0.15) is 15.0 Å². The van der Waals surface area contributed by atoms with Crippen molar-refractivity contribution in [2.45, 2.75) is 19.8 Å². The molecule has 0 spiro atoms. The molecule has 1 aromatic carbocycles. The summed E-state index contributed by atoms with van der Waals surface area (Å²) in [4.78, 5) is 15.6. The Balaban J connectivity index is 1.79. The fourth-order valence-corrected chi connectivity index (χ4v) is 2.70. The topological polar surface area (TPSA) is 90.0 Å². The third kappa shape index (κ3) is 4.90. The summed E-state index contributed by atoms with van der Waals surface area (Å²) >= 11 is 5.15. The molecule has 0 saturated carbocycles. The van der Waals surface area contributed by atoms with Gasteiger partial charge in [0.25, 0.3) is 0 Å². The highest BCUT2D eigenvalue weighted by atomic mass is 32.1. The Bertz CT molecular complexity index is 703. The molecule has 0 unspecified atom stereocenters. The summed E-state index contributed by atoms with van der Waals surface area (Å²) in [6, 6.07) is 9.81. The summed E-state index contributed by atoms with van der Waals surface area (Å²) in [7, 11) is 0. The quantitative estimate of drug-likeness (QED) is 0.457. The van der Waals surface area contributed by atoms with Crippen LogP contribution in [0.4, 0.5) is 23.5 Å². The molecule has 1 aromatic heterocycles. The van der Waals surface area contributed by atoms with E-state index in [9.17, 15) is 0 Å². The van der Waals surface area contributed by atoms with Crippen molar-refractivity contribution < 1.29 is 0 Å². The van der Waals surface area contributed by atoms with Crippen molar-refractivity contribution in [2.75, 3.05) is 35.3 Å². The number of hydrazine groups is 1. The van der Waals surface area contributed by atoms with Crippen LogP contribution in [0, 0.1) is 0 Å². The SMILES string of the molecule is CCNC(=S)NNc1nc(Nc2ccccc2)nc(N2CCCC2)n1. The van der Waals surface area contributed by atoms with E-state index in [0.29, 0.717) is 23.0 Å². The summed E-state index contributed by atoms with van der Waals surface area (Å²) in [6.45, 7) is 4.63. The number of nitrogens with zero attached hydrogens (tertiary/aromatic N) is 4. The lowest BCUT2D eigenvalue weighted by Gasteiger charge is -2.18. The minimum absolute atomic E-state index is 0.413. The van der Waals surface area contributed by atoms with E-state index in [1.807, 2.05) is 37.3 Å². The number of aromatic nitrogens is 3. The third-order valence-electron chi connectivity index (χ3n) is 3.67. The number of hydrogen-bond donors (Lipinski definition) is 4. The van der Waals surface area contributed by atoms with E-state index in [2.05, 4.69) is 41.3 Å². The molecule has 1 saturated heterocycles. The first-order valence-electron chi connectivity index (χ1n) is 8.37. The molecule has 4 N–H and O–H groups in total. The Hall–Kier alpha value is -2.68. The van der Waals surface area contributed by atoms with Gasteiger partial charge in [-0.1, -0.05) is 18.2 Å². The van der Waals surface area contributed by atoms with Crippen LogP contribution in [0.1, 0.15) is 19.8 Å². The van der Waals surface area contributed by atoms with Crippen LogP contribution in [0.15, 0.2) is 30.3 Å². The second-order valence-corrected chi connectivity index (χ2v) is 5.99. The summed E-state index contributed by atoms with van der Waals surface area (Å²) in [5, 5.41) is 6.71. The molecule has 1 aliphatic rings. The zero-order valence-electron chi connectivity index (χ0n) is 14.1. The van der Waals surface area contributed by atoms with Gasteiger partial charge in [0.2, 0.25) is 17.8 Å². The maximum absolute atomic E-state index is 5.15. The average molecular weight is 358 g/mol. The molecule has 0 radical (unpaired) electrons. The number of anilines is 4. The van der Waals surface area contributed by atoms with Gasteiger partial charge in [0.1, 0.15) is 0 Å². The Kier molecular flexibility index (Phi) is 5.78. The minimum Gasteiger partial charge on any atom is -0.362 e. The molecule has 0 aliphatic carbocycles. The molecule has 2 heterocycles. The Labute approximate surface area is 152 Å². The number of benzene rings is 1. The highest BCUT2D eigenvalue weighted by Crippen LogP contribution is 2.20. The second kappa shape index (κ2) is 8.43. The summed E-state index contributed by atoms with van der Waals surface area (Å²) < 4.78 is 0. The summed E-state index contributed by atoms with van der Waals surface area (Å²) in [5.74, 6) is 1.56. The van der Waals surface area contributed by atoms with Crippen molar-refractivity contribution in [1.82, 2.24) is 25.7 Å². The number of rotatable bonds is 6. The zero-order chi connectivity index (χ0) is 17.5. The van der Waals surface area contributed by atoms with Crippen molar-refractivity contribution in [3.8, 4) is 0 Å². The van der Waals surface area contributed by atoms with Crippen LogP contribution in [0.25, 0.3) is 0 Å². The van der Waals surface area contributed by atoms with Crippen molar-refractivity contribution in [3.63, 3.8) is 0 Å². The monoisotopic (exact) mass is 358 g/mol. The van der Waals surface area contributed by atoms with Crippen LogP contribution in [0.5, 0.6) is 0 Å². The molecule has 0 atom stereocenters. The van der Waals surface area contributed by atoms with Crippen molar-refractivity contribution >= 4 is 40.9 Å². The molecule has 9 heteroatoms. The Morgan fingerprint density at radius 1 is 1.08 bits per heavy atom. The van der Waals surface area contributed by atoms with E-state index in [4.69, 9.17) is 12.2 Å². The van der Waals surface area contributed by atoms with Crippen LogP contribution in [0.3, 0.4) is 0 Å². The van der Waals surface area contributed by atoms with Crippen LogP contribution in [-0.2, 0) is 0 Å². The number of nitrogens with one attached hydrogen (secondary N) is 4. The van der Waals surface area contributed by atoms with Gasteiger partial charge in [0.15, 0.2) is 5.11 Å². The van der Waals surface area contributed by atoms with Crippen molar-refractivity contribution in [2.24, 2.45) is 0 Å². The van der Waals surface area contributed by atoms with Crippen LogP contribution in [-0.4, -0.2) is 39.7 Å². The molecule has 0 bridgehead atoms. The first-order valence-corrected chi connectivity index (χ1v) is 8.78. The average Bonchev–Trinajstić information content (AvgIpc) is 3.16. The molecule has 0 amide bonds. The molecule has 1 aliphatic heterocycles. The fraction of sp³-hybridized carbons (Fsp3) is 0.375. The van der Waals surface area contributed by atoms with Gasteiger partial charge in [0, 0.05) is 25.3 Å². The predicted octanol–water partition coefficient (Wildman–Crippen LogP) is 2.03. The Morgan fingerprint density at radius 2 is 1.80 bits per heavy atom. The standard InChI is InChI=1S/C16H22N8S/c1-2-17-16(25)23-22-14-19-13(18-12-8-4-3-5-9-12)20-15(21-14)24-10-6-7-11-24/h3-5,8-9H,2,6-7,10-11H2,1H3,(H2,17,23,25)(H2,18,19,20,21,22). The van der Waals surface area contributed by atoms with Gasteiger partial charge in [0.05, 0.1) is 0 Å². The van der Waals surface area contributed by atoms with E-state index >= 15 is 0 Å². The van der Waals surface area contributed by atoms with Crippen LogP contribution < -0.4 is 26.4 Å². The molecular weight excluding hydrogens is 336 g/mol. The van der Waals surface area contributed by atoms with Crippen molar-refractivity contribution in [3.05, 3.63) is 30.3 Å². The van der Waals surface area contributed by atoms with Crippen LogP contribution in [0.2, 0.25) is 0 Å². The maximum atomic E-state index is 5.15. The first-order chi connectivity index (χ1) is 12.2. The molecule has 132 valence electrons. The van der Waals surface area contributed by atoms with Crippen LogP contribution >= 0.6 is 12.2 Å². The maximum Gasteiger partial charge on any atom is 0.248 e. The number of thiocarbonyl (C=S) groups is 1. The van der Waals surface area contributed by atoms with Gasteiger partial charge in [-0.25, -0.2) is 0 Å². The van der Waals surface area contributed by atoms with E-state index in [0.717, 1.165) is 38.2 Å². The second-order valence-electron chi connectivity index (χ2n) is 5.58. The van der Waals surface area contributed by atoms with E-state index < -0.39 is 0 Å². The molecule has 25 heavy (non-hydrogen) atoms. The highest BCUT2D eigenvalue weighted by Gasteiger charge is 2.17. The number of para-hydroxylation sites is 1. The molecule has 8 nitrogen and oxygen atoms in total. The van der Waals surface area contributed by atoms with Gasteiger partial charge in [-0.05, 0) is 44.1 Å². The molecule has 2 aromatic rings. The molecule has 3 rings (SSSR count). The normalized spacial score (nSPS) is 13.4. The van der Waals surface area contributed by atoms with Crippen molar-refractivity contribution in [1.29, 1.82) is 0 Å². The Morgan fingerprint density at radius 3 is 2.52 bits per heavy atom. The predicted molar refractivity (Wildman–Crippen MR) is 104 cm³/mol. The zero-order valence-corrected chi connectivity index (χ0v) is 14.9. The lowest BCUT2D eigenvalue weighted by atomic mass is 10.3. The minimum atomic E-state index is 0.413. The van der Waals surface area contributed by atoms with Gasteiger partial charge >= 0.3 is 0 Å². The third-order valence-corrected chi connectivity index (χ3v) is 3.91. The van der Waals surface area contributed by atoms with E-state index in [1.165, 1.54) is 0 Å². The van der Waals surface area contributed by atoms with Gasteiger partial charge in [-0.15, -0.1) is 0 Å². The van der Waals surface area contributed by atoms with E-state index in [-0.39, 0.29) is 0 Å². The summed E-state index contributed by atoms with van der Waals surface area (Å²) in [5.41, 5.74) is 6.74. The largest absolute Gasteiger partial charge is 0.362 e. The highest BCUT2D eigenvalue weighted by molar-refractivity contribution is 7.80. The van der Waals surface area contributed by atoms with Gasteiger partial charge in [-0.3, -0.25) is 10.9 Å². The lowest BCUT2D eigenvalue weighted by molar-refractivity contribution is 0.869. The summed E-state index contributed by atoms with van der Waals surface area (Å²) in [6.07, 6.45) is 2.30. The molecule has 1 fully saturated rings.